The van der Waals surface area contributed by atoms with Crippen LogP contribution in [0.5, 0.6) is 11.5 Å². The Bertz CT molecular complexity index is 721. The number of nitrogens with one attached hydrogen (secondary N) is 1. The first-order valence-electron chi connectivity index (χ1n) is 6.79. The van der Waals surface area contributed by atoms with Crippen LogP contribution in [0.15, 0.2) is 36.4 Å². The van der Waals surface area contributed by atoms with Crippen molar-refractivity contribution < 1.29 is 14.3 Å². The van der Waals surface area contributed by atoms with Crippen molar-refractivity contribution in [3.63, 3.8) is 0 Å². The molecule has 0 atom stereocenters. The summed E-state index contributed by atoms with van der Waals surface area (Å²) in [6, 6.07) is 10.8. The average molecular weight is 430 g/mol. The van der Waals surface area contributed by atoms with Crippen LogP contribution in [0.25, 0.3) is 0 Å². The van der Waals surface area contributed by atoms with Gasteiger partial charge in [0.05, 0.1) is 18.2 Å². The summed E-state index contributed by atoms with van der Waals surface area (Å²) in [4.78, 5) is 12.4. The predicted octanol–water partition coefficient (Wildman–Crippen LogP) is 4.36. The quantitative estimate of drug-likeness (QED) is 0.722. The van der Waals surface area contributed by atoms with Crippen LogP contribution in [0.2, 0.25) is 5.02 Å². The molecule has 1 N–H and O–H groups in total. The molecule has 114 valence electrons. The molecule has 0 aliphatic carbocycles. The second kappa shape index (κ2) is 6.75. The molecule has 2 aromatic carbocycles. The molecule has 1 amide bonds. The molecule has 0 saturated heterocycles. The van der Waals surface area contributed by atoms with Crippen molar-refractivity contribution in [1.29, 1.82) is 0 Å². The molecular weight excluding hydrogens is 417 g/mol. The lowest BCUT2D eigenvalue weighted by molar-refractivity contribution is 0.102. The van der Waals surface area contributed by atoms with Crippen molar-refractivity contribution in [2.75, 3.05) is 18.5 Å². The van der Waals surface area contributed by atoms with E-state index < -0.39 is 0 Å². The number of carbonyl (C=O) groups excluding carboxylic acids is 1. The monoisotopic (exact) mass is 429 g/mol. The number of fused-ring (bicyclic) bond motifs is 1. The summed E-state index contributed by atoms with van der Waals surface area (Å²) in [5.74, 6) is 0.780. The molecule has 0 saturated carbocycles. The Morgan fingerprint density at radius 3 is 2.82 bits per heavy atom. The van der Waals surface area contributed by atoms with Crippen molar-refractivity contribution in [2.45, 2.75) is 6.42 Å². The molecule has 6 heteroatoms. The number of halogens is 2. The van der Waals surface area contributed by atoms with Gasteiger partial charge in [-0.15, -0.1) is 0 Å². The first-order chi connectivity index (χ1) is 10.6. The summed E-state index contributed by atoms with van der Waals surface area (Å²) in [5.41, 5.74) is 1.17. The summed E-state index contributed by atoms with van der Waals surface area (Å²) < 4.78 is 12.2. The van der Waals surface area contributed by atoms with E-state index in [1.165, 1.54) is 0 Å². The minimum absolute atomic E-state index is 0.237. The number of carbonyl (C=O) groups is 1. The van der Waals surface area contributed by atoms with Crippen LogP contribution in [0.1, 0.15) is 16.8 Å². The van der Waals surface area contributed by atoms with Crippen LogP contribution >= 0.6 is 34.2 Å². The highest BCUT2D eigenvalue weighted by molar-refractivity contribution is 14.1. The van der Waals surface area contributed by atoms with Crippen molar-refractivity contribution in [2.24, 2.45) is 0 Å². The zero-order valence-corrected chi connectivity index (χ0v) is 14.5. The minimum Gasteiger partial charge on any atom is -0.489 e. The highest BCUT2D eigenvalue weighted by atomic mass is 127. The fourth-order valence-electron chi connectivity index (χ4n) is 2.13. The van der Waals surface area contributed by atoms with Gasteiger partial charge in [0.25, 0.3) is 5.91 Å². The Morgan fingerprint density at radius 2 is 2.00 bits per heavy atom. The highest BCUT2D eigenvalue weighted by Gasteiger charge is 2.18. The lowest BCUT2D eigenvalue weighted by Crippen LogP contribution is -2.12. The van der Waals surface area contributed by atoms with Gasteiger partial charge in [-0.1, -0.05) is 17.7 Å². The highest BCUT2D eigenvalue weighted by Crippen LogP contribution is 2.38. The summed E-state index contributed by atoms with van der Waals surface area (Å²) in [7, 11) is 0. The molecule has 2 aromatic rings. The lowest BCUT2D eigenvalue weighted by atomic mass is 10.1. The van der Waals surface area contributed by atoms with E-state index in [1.807, 2.05) is 24.3 Å². The Morgan fingerprint density at radius 1 is 1.18 bits per heavy atom. The van der Waals surface area contributed by atoms with Gasteiger partial charge < -0.3 is 14.8 Å². The normalized spacial score (nSPS) is 13.4. The average Bonchev–Trinajstić information content (AvgIpc) is 2.73. The zero-order valence-electron chi connectivity index (χ0n) is 11.6. The van der Waals surface area contributed by atoms with E-state index in [9.17, 15) is 4.79 Å². The standard InChI is InChI=1S/C16H13ClINO3/c17-13-7-10(8-14-15(13)22-6-2-5-21-14)16(20)19-12-4-1-3-11(18)9-12/h1,3-4,7-9H,2,5-6H2,(H,19,20). The number of amides is 1. The van der Waals surface area contributed by atoms with E-state index in [-0.39, 0.29) is 5.91 Å². The maximum atomic E-state index is 12.4. The van der Waals surface area contributed by atoms with Crippen LogP contribution in [0.3, 0.4) is 0 Å². The third-order valence-electron chi connectivity index (χ3n) is 3.15. The molecule has 1 heterocycles. The molecule has 4 nitrogen and oxygen atoms in total. The molecular formula is C16H13ClINO3. The molecule has 0 bridgehead atoms. The SMILES string of the molecule is O=C(Nc1cccc(I)c1)c1cc(Cl)c2c(c1)OCCCO2. The van der Waals surface area contributed by atoms with Gasteiger partial charge in [0.15, 0.2) is 11.5 Å². The fraction of sp³-hybridized carbons (Fsp3) is 0.188. The second-order valence-corrected chi connectivity index (χ2v) is 6.45. The molecule has 22 heavy (non-hydrogen) atoms. The van der Waals surface area contributed by atoms with Crippen LogP contribution < -0.4 is 14.8 Å². The largest absolute Gasteiger partial charge is 0.489 e. The van der Waals surface area contributed by atoms with Gasteiger partial charge in [-0.05, 0) is 52.9 Å². The van der Waals surface area contributed by atoms with E-state index in [1.54, 1.807) is 12.1 Å². The van der Waals surface area contributed by atoms with Gasteiger partial charge in [0.2, 0.25) is 0 Å². The fourth-order valence-corrected chi connectivity index (χ4v) is 2.94. The van der Waals surface area contributed by atoms with E-state index >= 15 is 0 Å². The van der Waals surface area contributed by atoms with Crippen molar-refractivity contribution in [1.82, 2.24) is 0 Å². The Labute approximate surface area is 146 Å². The lowest BCUT2D eigenvalue weighted by Gasteiger charge is -2.12. The molecule has 0 fully saturated rings. The third-order valence-corrected chi connectivity index (χ3v) is 4.10. The maximum absolute atomic E-state index is 12.4. The summed E-state index contributed by atoms with van der Waals surface area (Å²) >= 11 is 8.40. The molecule has 0 unspecified atom stereocenters. The van der Waals surface area contributed by atoms with Gasteiger partial charge in [0, 0.05) is 21.2 Å². The van der Waals surface area contributed by atoms with E-state index in [0.29, 0.717) is 35.3 Å². The predicted molar refractivity (Wildman–Crippen MR) is 94.2 cm³/mol. The molecule has 1 aliphatic heterocycles. The van der Waals surface area contributed by atoms with Crippen molar-refractivity contribution in [3.05, 3.63) is 50.6 Å². The van der Waals surface area contributed by atoms with Crippen LogP contribution in [0.4, 0.5) is 5.69 Å². The van der Waals surface area contributed by atoms with Crippen molar-refractivity contribution >= 4 is 45.8 Å². The van der Waals surface area contributed by atoms with Crippen LogP contribution in [0, 0.1) is 3.57 Å². The second-order valence-electron chi connectivity index (χ2n) is 4.80. The minimum atomic E-state index is -0.237. The van der Waals surface area contributed by atoms with Crippen molar-refractivity contribution in [3.8, 4) is 11.5 Å². The third kappa shape index (κ3) is 3.47. The molecule has 0 aromatic heterocycles. The first-order valence-corrected chi connectivity index (χ1v) is 8.25. The number of ether oxygens (including phenoxy) is 2. The van der Waals surface area contributed by atoms with Gasteiger partial charge in [-0.2, -0.15) is 0 Å². The van der Waals surface area contributed by atoms with E-state index in [0.717, 1.165) is 15.7 Å². The topological polar surface area (TPSA) is 47.6 Å². The van der Waals surface area contributed by atoms with E-state index in [2.05, 4.69) is 27.9 Å². The Hall–Kier alpha value is -1.47. The number of rotatable bonds is 2. The number of anilines is 1. The molecule has 0 radical (unpaired) electrons. The molecule has 3 rings (SSSR count). The number of benzene rings is 2. The summed E-state index contributed by atoms with van der Waals surface area (Å²) in [6.45, 7) is 1.10. The smallest absolute Gasteiger partial charge is 0.255 e. The summed E-state index contributed by atoms with van der Waals surface area (Å²) in [5, 5.41) is 3.23. The van der Waals surface area contributed by atoms with E-state index in [4.69, 9.17) is 21.1 Å². The maximum Gasteiger partial charge on any atom is 0.255 e. The summed E-state index contributed by atoms with van der Waals surface area (Å²) in [6.07, 6.45) is 0.787. The van der Waals surface area contributed by atoms with Gasteiger partial charge in [-0.3, -0.25) is 4.79 Å². The number of hydrogen-bond acceptors (Lipinski definition) is 3. The van der Waals surface area contributed by atoms with Crippen LogP contribution in [-0.2, 0) is 0 Å². The van der Waals surface area contributed by atoms with Gasteiger partial charge in [-0.25, -0.2) is 0 Å². The molecule has 0 spiro atoms. The Balaban J connectivity index is 1.86. The van der Waals surface area contributed by atoms with Gasteiger partial charge in [0.1, 0.15) is 0 Å². The van der Waals surface area contributed by atoms with Crippen LogP contribution in [-0.4, -0.2) is 19.1 Å². The first kappa shape index (κ1) is 15.4. The Kier molecular flexibility index (Phi) is 4.73. The van der Waals surface area contributed by atoms with Gasteiger partial charge >= 0.3 is 0 Å². The zero-order chi connectivity index (χ0) is 15.5. The molecule has 1 aliphatic rings. The number of hydrogen-bond donors (Lipinski definition) is 1.